The average molecular weight is 284 g/mol. The van der Waals surface area contributed by atoms with Crippen molar-refractivity contribution in [2.75, 3.05) is 19.0 Å². The van der Waals surface area contributed by atoms with Crippen molar-refractivity contribution in [3.05, 3.63) is 30.5 Å². The number of benzene rings is 1. The molecule has 3 nitrogen and oxygen atoms in total. The number of rotatable bonds is 6. The number of nitrogens with zero attached hydrogens (tertiary/aromatic N) is 1. The minimum absolute atomic E-state index is 0.906. The molecular formula is C18H24N2O. The van der Waals surface area contributed by atoms with Gasteiger partial charge in [-0.15, -0.1) is 0 Å². The summed E-state index contributed by atoms with van der Waals surface area (Å²) in [5.74, 6) is 2.84. The van der Waals surface area contributed by atoms with E-state index in [-0.39, 0.29) is 0 Å². The first-order valence-corrected chi connectivity index (χ1v) is 8.04. The van der Waals surface area contributed by atoms with Gasteiger partial charge < -0.3 is 10.1 Å². The molecule has 0 radical (unpaired) electrons. The zero-order chi connectivity index (χ0) is 14.5. The molecule has 21 heavy (non-hydrogen) atoms. The van der Waals surface area contributed by atoms with E-state index in [9.17, 15) is 0 Å². The van der Waals surface area contributed by atoms with Gasteiger partial charge in [0.25, 0.3) is 0 Å². The zero-order valence-corrected chi connectivity index (χ0v) is 12.8. The molecule has 0 spiro atoms. The highest BCUT2D eigenvalue weighted by Crippen LogP contribution is 2.30. The fourth-order valence-electron chi connectivity index (χ4n) is 3.39. The Kier molecular flexibility index (Phi) is 4.59. The summed E-state index contributed by atoms with van der Waals surface area (Å²) in [6.07, 6.45) is 10.2. The maximum atomic E-state index is 5.42. The van der Waals surface area contributed by atoms with Gasteiger partial charge in [-0.05, 0) is 30.9 Å². The van der Waals surface area contributed by atoms with E-state index in [0.29, 0.717) is 0 Å². The third-order valence-electron chi connectivity index (χ3n) is 4.54. The Morgan fingerprint density at radius 3 is 2.86 bits per heavy atom. The van der Waals surface area contributed by atoms with E-state index in [1.54, 1.807) is 7.11 Å². The van der Waals surface area contributed by atoms with Crippen molar-refractivity contribution in [3.63, 3.8) is 0 Å². The van der Waals surface area contributed by atoms with Crippen molar-refractivity contribution in [1.82, 2.24) is 4.98 Å². The fourth-order valence-corrected chi connectivity index (χ4v) is 3.39. The molecule has 2 aromatic rings. The van der Waals surface area contributed by atoms with Crippen LogP contribution in [0.25, 0.3) is 10.8 Å². The molecule has 0 saturated heterocycles. The van der Waals surface area contributed by atoms with Crippen molar-refractivity contribution in [3.8, 4) is 5.75 Å². The Hall–Kier alpha value is -1.77. The second-order valence-corrected chi connectivity index (χ2v) is 5.93. The lowest BCUT2D eigenvalue weighted by Gasteiger charge is -2.12. The van der Waals surface area contributed by atoms with Crippen LogP contribution in [-0.2, 0) is 0 Å². The Labute approximate surface area is 126 Å². The van der Waals surface area contributed by atoms with Gasteiger partial charge in [0, 0.05) is 23.5 Å². The van der Waals surface area contributed by atoms with Gasteiger partial charge in [-0.3, -0.25) is 0 Å². The molecule has 1 aromatic carbocycles. The highest BCUT2D eigenvalue weighted by Gasteiger charge is 2.14. The smallest absolute Gasteiger partial charge is 0.133 e. The van der Waals surface area contributed by atoms with Crippen LogP contribution in [-0.4, -0.2) is 18.6 Å². The highest BCUT2D eigenvalue weighted by atomic mass is 16.5. The molecule has 1 N–H and O–H groups in total. The molecule has 1 saturated carbocycles. The van der Waals surface area contributed by atoms with Crippen LogP contribution in [0.1, 0.15) is 38.5 Å². The van der Waals surface area contributed by atoms with Crippen LogP contribution in [0.2, 0.25) is 0 Å². The monoisotopic (exact) mass is 284 g/mol. The number of methoxy groups -OCH3 is 1. The second-order valence-electron chi connectivity index (χ2n) is 5.93. The topological polar surface area (TPSA) is 34.1 Å². The van der Waals surface area contributed by atoms with Crippen LogP contribution < -0.4 is 10.1 Å². The summed E-state index contributed by atoms with van der Waals surface area (Å²) in [6.45, 7) is 1.000. The summed E-state index contributed by atoms with van der Waals surface area (Å²) in [6, 6.07) is 8.13. The van der Waals surface area contributed by atoms with E-state index >= 15 is 0 Å². The Morgan fingerprint density at radius 1 is 1.19 bits per heavy atom. The van der Waals surface area contributed by atoms with Gasteiger partial charge in [0.15, 0.2) is 0 Å². The van der Waals surface area contributed by atoms with Crippen molar-refractivity contribution in [2.24, 2.45) is 5.92 Å². The normalized spacial score (nSPS) is 15.5. The van der Waals surface area contributed by atoms with Crippen molar-refractivity contribution in [2.45, 2.75) is 38.5 Å². The molecule has 0 unspecified atom stereocenters. The first kappa shape index (κ1) is 14.2. The van der Waals surface area contributed by atoms with E-state index in [1.807, 2.05) is 24.4 Å². The molecule has 3 heteroatoms. The van der Waals surface area contributed by atoms with E-state index in [1.165, 1.54) is 38.5 Å². The lowest BCUT2D eigenvalue weighted by Crippen LogP contribution is -2.06. The summed E-state index contributed by atoms with van der Waals surface area (Å²) in [5.41, 5.74) is 0. The first-order chi connectivity index (χ1) is 10.4. The maximum Gasteiger partial charge on any atom is 0.133 e. The van der Waals surface area contributed by atoms with E-state index in [4.69, 9.17) is 4.74 Å². The quantitative estimate of drug-likeness (QED) is 0.786. The summed E-state index contributed by atoms with van der Waals surface area (Å²) in [7, 11) is 1.71. The van der Waals surface area contributed by atoms with Crippen molar-refractivity contribution >= 4 is 16.6 Å². The molecule has 1 aliphatic rings. The molecule has 1 fully saturated rings. The molecule has 0 bridgehead atoms. The number of hydrogen-bond acceptors (Lipinski definition) is 3. The third-order valence-corrected chi connectivity index (χ3v) is 4.54. The van der Waals surface area contributed by atoms with E-state index in [0.717, 1.165) is 34.8 Å². The second kappa shape index (κ2) is 6.79. The van der Waals surface area contributed by atoms with Crippen LogP contribution in [0.3, 0.4) is 0 Å². The Bertz CT molecular complexity index is 591. The molecule has 1 aliphatic carbocycles. The van der Waals surface area contributed by atoms with Crippen molar-refractivity contribution in [1.29, 1.82) is 0 Å². The first-order valence-electron chi connectivity index (χ1n) is 8.04. The maximum absolute atomic E-state index is 5.42. The van der Waals surface area contributed by atoms with Crippen LogP contribution in [0.5, 0.6) is 5.75 Å². The largest absolute Gasteiger partial charge is 0.496 e. The highest BCUT2D eigenvalue weighted by molar-refractivity contribution is 5.95. The predicted molar refractivity (Wildman–Crippen MR) is 88.0 cm³/mol. The predicted octanol–water partition coefficient (Wildman–Crippen LogP) is 4.63. The molecular weight excluding hydrogens is 260 g/mol. The van der Waals surface area contributed by atoms with Crippen LogP contribution in [0.4, 0.5) is 5.82 Å². The summed E-state index contributed by atoms with van der Waals surface area (Å²) >= 11 is 0. The molecule has 0 aliphatic heterocycles. The number of nitrogens with one attached hydrogen (secondary N) is 1. The average Bonchev–Trinajstić information content (AvgIpc) is 3.04. The number of aromatic nitrogens is 1. The molecule has 1 aromatic heterocycles. The van der Waals surface area contributed by atoms with Gasteiger partial charge in [-0.1, -0.05) is 37.8 Å². The molecule has 0 atom stereocenters. The standard InChI is InChI=1S/C18H24N2O/c1-21-17-10-4-9-16-15(17)11-13-20-18(16)19-12-5-8-14-6-2-3-7-14/h4,9-11,13-14H,2-3,5-8,12H2,1H3,(H,19,20). The number of ether oxygens (including phenoxy) is 1. The van der Waals surface area contributed by atoms with Crippen molar-refractivity contribution < 1.29 is 4.74 Å². The lowest BCUT2D eigenvalue weighted by atomic mass is 10.0. The summed E-state index contributed by atoms with van der Waals surface area (Å²) in [5, 5.41) is 5.75. The summed E-state index contributed by atoms with van der Waals surface area (Å²) < 4.78 is 5.42. The van der Waals surface area contributed by atoms with Crippen LogP contribution in [0, 0.1) is 5.92 Å². The van der Waals surface area contributed by atoms with Gasteiger partial charge in [0.1, 0.15) is 11.6 Å². The number of hydrogen-bond donors (Lipinski definition) is 1. The van der Waals surface area contributed by atoms with Crippen LogP contribution >= 0.6 is 0 Å². The minimum Gasteiger partial charge on any atom is -0.496 e. The Morgan fingerprint density at radius 2 is 2.05 bits per heavy atom. The van der Waals surface area contributed by atoms with Crippen LogP contribution in [0.15, 0.2) is 30.5 Å². The SMILES string of the molecule is COc1cccc2c(NCCCC3CCCC3)nccc12. The van der Waals surface area contributed by atoms with Gasteiger partial charge in [0.05, 0.1) is 7.11 Å². The molecule has 1 heterocycles. The van der Waals surface area contributed by atoms with E-state index < -0.39 is 0 Å². The third kappa shape index (κ3) is 3.29. The van der Waals surface area contributed by atoms with Gasteiger partial charge in [-0.25, -0.2) is 4.98 Å². The number of fused-ring (bicyclic) bond motifs is 1. The number of pyridine rings is 1. The molecule has 112 valence electrons. The molecule has 3 rings (SSSR count). The molecule has 0 amide bonds. The van der Waals surface area contributed by atoms with Gasteiger partial charge in [-0.2, -0.15) is 0 Å². The van der Waals surface area contributed by atoms with Gasteiger partial charge >= 0.3 is 0 Å². The summed E-state index contributed by atoms with van der Waals surface area (Å²) in [4.78, 5) is 4.48. The fraction of sp³-hybridized carbons (Fsp3) is 0.500. The number of anilines is 1. The van der Waals surface area contributed by atoms with E-state index in [2.05, 4.69) is 16.4 Å². The minimum atomic E-state index is 0.906. The van der Waals surface area contributed by atoms with Gasteiger partial charge in [0.2, 0.25) is 0 Å². The Balaban J connectivity index is 1.63. The zero-order valence-electron chi connectivity index (χ0n) is 12.8. The lowest BCUT2D eigenvalue weighted by molar-refractivity contribution is 0.420.